The first-order valence-corrected chi connectivity index (χ1v) is 9.83. The van der Waals surface area contributed by atoms with Crippen LogP contribution >= 0.6 is 15.9 Å². The lowest BCUT2D eigenvalue weighted by Crippen LogP contribution is -2.41. The number of carbonyl (C=O) groups is 2. The van der Waals surface area contributed by atoms with Gasteiger partial charge in [0.15, 0.2) is 0 Å². The molecule has 1 aromatic rings. The fraction of sp³-hybridized carbons (Fsp3) is 0.611. The van der Waals surface area contributed by atoms with Crippen LogP contribution in [0.3, 0.4) is 0 Å². The Labute approximate surface area is 157 Å². The Morgan fingerprint density at radius 1 is 1.28 bits per heavy atom. The number of halogens is 1. The van der Waals surface area contributed by atoms with Gasteiger partial charge in [0, 0.05) is 36.7 Å². The first-order chi connectivity index (χ1) is 12.1. The molecule has 0 aliphatic carbocycles. The van der Waals surface area contributed by atoms with Crippen molar-refractivity contribution in [2.75, 3.05) is 38.0 Å². The summed E-state index contributed by atoms with van der Waals surface area (Å²) in [7, 11) is 0. The summed E-state index contributed by atoms with van der Waals surface area (Å²) in [6.45, 7) is 4.52. The van der Waals surface area contributed by atoms with Crippen LogP contribution in [0.1, 0.15) is 32.1 Å². The number of hydrogen-bond acceptors (Lipinski definition) is 4. The van der Waals surface area contributed by atoms with Gasteiger partial charge in [-0.25, -0.2) is 4.98 Å². The highest BCUT2D eigenvalue weighted by atomic mass is 79.9. The first kappa shape index (κ1) is 18.3. The van der Waals surface area contributed by atoms with Gasteiger partial charge in [0.1, 0.15) is 5.82 Å². The lowest BCUT2D eigenvalue weighted by atomic mass is 9.97. The number of amides is 2. The minimum absolute atomic E-state index is 0.00705. The number of hydrogen-bond donors (Lipinski definition) is 1. The monoisotopic (exact) mass is 408 g/mol. The van der Waals surface area contributed by atoms with Crippen LogP contribution in [-0.2, 0) is 9.59 Å². The summed E-state index contributed by atoms with van der Waals surface area (Å²) >= 11 is 3.34. The largest absolute Gasteiger partial charge is 0.343 e. The van der Waals surface area contributed by atoms with Crippen LogP contribution in [0.5, 0.6) is 0 Å². The van der Waals surface area contributed by atoms with E-state index in [4.69, 9.17) is 0 Å². The molecule has 0 saturated carbocycles. The molecular weight excluding hydrogens is 384 g/mol. The van der Waals surface area contributed by atoms with Crippen molar-refractivity contribution in [3.05, 3.63) is 22.8 Å². The van der Waals surface area contributed by atoms with E-state index in [9.17, 15) is 9.59 Å². The average Bonchev–Trinajstić information content (AvgIpc) is 3.02. The summed E-state index contributed by atoms with van der Waals surface area (Å²) in [6.07, 6.45) is 6.32. The summed E-state index contributed by atoms with van der Waals surface area (Å²) in [5.74, 6) is 0.942. The van der Waals surface area contributed by atoms with E-state index in [2.05, 4.69) is 31.1 Å². The second-order valence-corrected chi connectivity index (χ2v) is 7.74. The normalized spacial score (nSPS) is 21.6. The summed E-state index contributed by atoms with van der Waals surface area (Å²) < 4.78 is 0.894. The van der Waals surface area contributed by atoms with Crippen molar-refractivity contribution in [2.24, 2.45) is 5.92 Å². The van der Waals surface area contributed by atoms with Crippen LogP contribution in [0.15, 0.2) is 22.8 Å². The predicted molar refractivity (Wildman–Crippen MR) is 100 cm³/mol. The van der Waals surface area contributed by atoms with Crippen molar-refractivity contribution in [3.63, 3.8) is 0 Å². The van der Waals surface area contributed by atoms with E-state index in [-0.39, 0.29) is 17.7 Å². The number of pyridine rings is 1. The Hall–Kier alpha value is -1.47. The third kappa shape index (κ3) is 5.25. The Morgan fingerprint density at radius 3 is 2.88 bits per heavy atom. The molecule has 2 amide bonds. The maximum absolute atomic E-state index is 12.5. The fourth-order valence-electron chi connectivity index (χ4n) is 3.58. The molecule has 1 atom stereocenters. The number of piperidine rings is 1. The summed E-state index contributed by atoms with van der Waals surface area (Å²) in [5, 5.41) is 2.92. The van der Waals surface area contributed by atoms with Crippen molar-refractivity contribution in [1.82, 2.24) is 14.8 Å². The maximum Gasteiger partial charge on any atom is 0.229 e. The molecule has 3 rings (SSSR count). The van der Waals surface area contributed by atoms with Crippen molar-refractivity contribution in [2.45, 2.75) is 32.1 Å². The van der Waals surface area contributed by atoms with Crippen LogP contribution in [0.4, 0.5) is 5.82 Å². The van der Waals surface area contributed by atoms with Crippen molar-refractivity contribution in [1.29, 1.82) is 0 Å². The Balaban J connectivity index is 1.43. The lowest BCUT2D eigenvalue weighted by Gasteiger charge is -2.32. The maximum atomic E-state index is 12.5. The molecule has 0 unspecified atom stereocenters. The van der Waals surface area contributed by atoms with Crippen molar-refractivity contribution >= 4 is 33.6 Å². The minimum atomic E-state index is 0.00705. The third-order valence-corrected chi connectivity index (χ3v) is 5.40. The molecule has 136 valence electrons. The zero-order chi connectivity index (χ0) is 17.6. The zero-order valence-corrected chi connectivity index (χ0v) is 16.0. The number of likely N-dealkylation sites (tertiary alicyclic amines) is 2. The van der Waals surface area contributed by atoms with Crippen LogP contribution < -0.4 is 5.32 Å². The molecule has 2 aliphatic rings. The molecule has 0 aromatic carbocycles. The van der Waals surface area contributed by atoms with Crippen LogP contribution in [-0.4, -0.2) is 59.3 Å². The molecule has 0 spiro atoms. The number of nitrogens with zero attached hydrogens (tertiary/aromatic N) is 3. The van der Waals surface area contributed by atoms with Gasteiger partial charge in [-0.3, -0.25) is 9.59 Å². The topological polar surface area (TPSA) is 65.5 Å². The van der Waals surface area contributed by atoms with Crippen LogP contribution in [0.2, 0.25) is 0 Å². The molecule has 3 heterocycles. The van der Waals surface area contributed by atoms with Gasteiger partial charge >= 0.3 is 0 Å². The molecule has 2 aliphatic heterocycles. The molecule has 6 nitrogen and oxygen atoms in total. The second kappa shape index (κ2) is 8.76. The Bertz CT molecular complexity index is 608. The van der Waals surface area contributed by atoms with E-state index in [1.807, 2.05) is 11.0 Å². The van der Waals surface area contributed by atoms with E-state index in [0.717, 1.165) is 62.9 Å². The Morgan fingerprint density at radius 2 is 2.16 bits per heavy atom. The van der Waals surface area contributed by atoms with Gasteiger partial charge < -0.3 is 15.1 Å². The van der Waals surface area contributed by atoms with Gasteiger partial charge in [-0.1, -0.05) is 0 Å². The molecule has 2 fully saturated rings. The average molecular weight is 409 g/mol. The molecule has 1 aromatic heterocycles. The van der Waals surface area contributed by atoms with E-state index >= 15 is 0 Å². The van der Waals surface area contributed by atoms with Gasteiger partial charge in [0.25, 0.3) is 0 Å². The summed E-state index contributed by atoms with van der Waals surface area (Å²) in [4.78, 5) is 32.6. The van der Waals surface area contributed by atoms with Gasteiger partial charge in [-0.15, -0.1) is 0 Å². The highest BCUT2D eigenvalue weighted by Crippen LogP contribution is 2.19. The SMILES string of the molecule is O=C(Nc1ccc(Br)cn1)[C@@H]1CCCN(CCCN2CCCC2=O)C1. The van der Waals surface area contributed by atoms with Crippen LogP contribution in [0, 0.1) is 5.92 Å². The van der Waals surface area contributed by atoms with Crippen molar-refractivity contribution in [3.8, 4) is 0 Å². The number of anilines is 1. The lowest BCUT2D eigenvalue weighted by molar-refractivity contribution is -0.127. The van der Waals surface area contributed by atoms with E-state index < -0.39 is 0 Å². The van der Waals surface area contributed by atoms with Gasteiger partial charge in [0.05, 0.1) is 5.92 Å². The Kier molecular flexibility index (Phi) is 6.42. The van der Waals surface area contributed by atoms with E-state index in [1.165, 1.54) is 0 Å². The highest BCUT2D eigenvalue weighted by Gasteiger charge is 2.26. The van der Waals surface area contributed by atoms with Crippen molar-refractivity contribution < 1.29 is 9.59 Å². The minimum Gasteiger partial charge on any atom is -0.343 e. The fourth-order valence-corrected chi connectivity index (χ4v) is 3.81. The van der Waals surface area contributed by atoms with E-state index in [0.29, 0.717) is 12.2 Å². The molecule has 0 radical (unpaired) electrons. The molecule has 7 heteroatoms. The molecule has 2 saturated heterocycles. The second-order valence-electron chi connectivity index (χ2n) is 6.83. The van der Waals surface area contributed by atoms with Crippen LogP contribution in [0.25, 0.3) is 0 Å². The number of nitrogens with one attached hydrogen (secondary N) is 1. The summed E-state index contributed by atoms with van der Waals surface area (Å²) in [5.41, 5.74) is 0. The number of carbonyl (C=O) groups excluding carboxylic acids is 2. The molecule has 1 N–H and O–H groups in total. The first-order valence-electron chi connectivity index (χ1n) is 9.04. The standard InChI is InChI=1S/C18H25BrN4O2/c19-15-6-7-16(20-12-15)21-18(25)14-4-1-8-22(13-14)9-3-11-23-10-2-5-17(23)24/h6-7,12,14H,1-5,8-11,13H2,(H,20,21,25)/t14-/m1/s1. The number of rotatable bonds is 6. The molecule has 25 heavy (non-hydrogen) atoms. The molecular formula is C18H25BrN4O2. The quantitative estimate of drug-likeness (QED) is 0.784. The van der Waals surface area contributed by atoms with Gasteiger partial charge in [-0.2, -0.15) is 0 Å². The predicted octanol–water partition coefficient (Wildman–Crippen LogP) is 2.51. The smallest absolute Gasteiger partial charge is 0.229 e. The summed E-state index contributed by atoms with van der Waals surface area (Å²) in [6, 6.07) is 3.67. The zero-order valence-electron chi connectivity index (χ0n) is 14.4. The molecule has 0 bridgehead atoms. The number of aromatic nitrogens is 1. The van der Waals surface area contributed by atoms with E-state index in [1.54, 1.807) is 12.3 Å². The van der Waals surface area contributed by atoms with Gasteiger partial charge in [-0.05, 0) is 66.8 Å². The third-order valence-electron chi connectivity index (χ3n) is 4.93. The highest BCUT2D eigenvalue weighted by molar-refractivity contribution is 9.10. The van der Waals surface area contributed by atoms with Gasteiger partial charge in [0.2, 0.25) is 11.8 Å².